The number of nitrogens with one attached hydrogen (secondary N) is 1. The van der Waals surface area contributed by atoms with Gasteiger partial charge >= 0.3 is 6.18 Å². The third kappa shape index (κ3) is 5.48. The number of methoxy groups -OCH3 is 1. The fourth-order valence-electron chi connectivity index (χ4n) is 2.64. The van der Waals surface area contributed by atoms with Gasteiger partial charge in [-0.2, -0.15) is 13.2 Å². The number of hydrogen-bond donors (Lipinski definition) is 1. The number of para-hydroxylation sites is 2. The summed E-state index contributed by atoms with van der Waals surface area (Å²) in [5, 5.41) is 2.65. The van der Waals surface area contributed by atoms with Crippen LogP contribution in [-0.2, 0) is 11.0 Å². The average molecular weight is 394 g/mol. The first-order valence-corrected chi connectivity index (χ1v) is 8.65. The molecule has 2 rings (SSSR count). The Labute approximate surface area is 161 Å². The Bertz CT molecular complexity index is 837. The zero-order valence-corrected chi connectivity index (χ0v) is 15.5. The summed E-state index contributed by atoms with van der Waals surface area (Å²) in [5.41, 5.74) is -0.584. The lowest BCUT2D eigenvalue weighted by molar-refractivity contribution is -0.137. The lowest BCUT2D eigenvalue weighted by Gasteiger charge is -2.22. The number of amides is 2. The molecule has 0 unspecified atom stereocenters. The Balaban J connectivity index is 2.16. The van der Waals surface area contributed by atoms with E-state index in [4.69, 9.17) is 4.74 Å². The molecule has 28 heavy (non-hydrogen) atoms. The lowest BCUT2D eigenvalue weighted by Crippen LogP contribution is -2.38. The van der Waals surface area contributed by atoms with Gasteiger partial charge in [-0.05, 0) is 36.8 Å². The van der Waals surface area contributed by atoms with Gasteiger partial charge in [-0.1, -0.05) is 25.1 Å². The molecule has 0 radical (unpaired) electrons. The molecule has 0 aromatic heterocycles. The summed E-state index contributed by atoms with van der Waals surface area (Å²) in [6.45, 7) is 1.75. The molecule has 0 heterocycles. The van der Waals surface area contributed by atoms with Gasteiger partial charge in [0.2, 0.25) is 5.91 Å². The first kappa shape index (κ1) is 21.3. The maximum absolute atomic E-state index is 12.9. The van der Waals surface area contributed by atoms with Crippen LogP contribution in [0.1, 0.15) is 29.3 Å². The van der Waals surface area contributed by atoms with E-state index in [1.165, 1.54) is 24.1 Å². The topological polar surface area (TPSA) is 58.6 Å². The molecule has 0 saturated carbocycles. The van der Waals surface area contributed by atoms with E-state index < -0.39 is 23.6 Å². The van der Waals surface area contributed by atoms with Gasteiger partial charge in [0.05, 0.1) is 18.4 Å². The number of rotatable bonds is 7. The number of hydrogen-bond acceptors (Lipinski definition) is 3. The Morgan fingerprint density at radius 2 is 1.82 bits per heavy atom. The predicted molar refractivity (Wildman–Crippen MR) is 99.3 cm³/mol. The minimum Gasteiger partial charge on any atom is -0.495 e. The number of carbonyl (C=O) groups excluding carboxylic acids is 2. The minimum absolute atomic E-state index is 0.117. The molecule has 0 aliphatic heterocycles. The van der Waals surface area contributed by atoms with E-state index in [-0.39, 0.29) is 18.7 Å². The van der Waals surface area contributed by atoms with Crippen LogP contribution < -0.4 is 10.1 Å². The van der Waals surface area contributed by atoms with E-state index in [0.717, 1.165) is 12.1 Å². The molecule has 0 fully saturated rings. The molecule has 150 valence electrons. The maximum Gasteiger partial charge on any atom is 0.416 e. The number of halogens is 3. The summed E-state index contributed by atoms with van der Waals surface area (Å²) < 4.78 is 43.9. The second-order valence-corrected chi connectivity index (χ2v) is 6.05. The van der Waals surface area contributed by atoms with Crippen molar-refractivity contribution < 1.29 is 27.5 Å². The van der Waals surface area contributed by atoms with Crippen LogP contribution in [-0.4, -0.2) is 36.9 Å². The molecule has 5 nitrogen and oxygen atoms in total. The van der Waals surface area contributed by atoms with E-state index in [0.29, 0.717) is 17.9 Å². The molecule has 8 heteroatoms. The number of carbonyl (C=O) groups is 2. The van der Waals surface area contributed by atoms with Crippen molar-refractivity contribution in [1.82, 2.24) is 4.90 Å². The Morgan fingerprint density at radius 1 is 1.11 bits per heavy atom. The molecule has 1 N–H and O–H groups in total. The molecule has 0 aliphatic carbocycles. The molecule has 0 saturated heterocycles. The fourth-order valence-corrected chi connectivity index (χ4v) is 2.64. The van der Waals surface area contributed by atoms with E-state index >= 15 is 0 Å². The van der Waals surface area contributed by atoms with Crippen molar-refractivity contribution in [2.45, 2.75) is 19.5 Å². The number of ether oxygens (including phenoxy) is 1. The molecule has 2 amide bonds. The quantitative estimate of drug-likeness (QED) is 0.766. The highest BCUT2D eigenvalue weighted by Gasteiger charge is 2.31. The fraction of sp³-hybridized carbons (Fsp3) is 0.300. The number of nitrogens with zero attached hydrogens (tertiary/aromatic N) is 1. The number of anilines is 1. The highest BCUT2D eigenvalue weighted by molar-refractivity contribution is 6.00. The van der Waals surface area contributed by atoms with Crippen molar-refractivity contribution in [3.05, 3.63) is 59.7 Å². The highest BCUT2D eigenvalue weighted by atomic mass is 19.4. The van der Waals surface area contributed by atoms with Crippen LogP contribution >= 0.6 is 0 Å². The Morgan fingerprint density at radius 3 is 2.46 bits per heavy atom. The van der Waals surface area contributed by atoms with Crippen LogP contribution in [0.3, 0.4) is 0 Å². The van der Waals surface area contributed by atoms with Crippen LogP contribution in [0.4, 0.5) is 18.9 Å². The van der Waals surface area contributed by atoms with E-state index in [9.17, 15) is 22.8 Å². The molecule has 2 aromatic rings. The van der Waals surface area contributed by atoms with E-state index in [1.54, 1.807) is 24.3 Å². The summed E-state index contributed by atoms with van der Waals surface area (Å²) in [7, 11) is 1.46. The molecule has 2 aromatic carbocycles. The first-order chi connectivity index (χ1) is 13.3. The molecule has 0 bridgehead atoms. The minimum atomic E-state index is -4.55. The molecule has 0 atom stereocenters. The third-order valence-corrected chi connectivity index (χ3v) is 3.93. The monoisotopic (exact) mass is 394 g/mol. The van der Waals surface area contributed by atoms with Gasteiger partial charge in [-0.25, -0.2) is 0 Å². The second-order valence-electron chi connectivity index (χ2n) is 6.05. The molecule has 0 aliphatic rings. The Hall–Kier alpha value is -3.03. The highest BCUT2D eigenvalue weighted by Crippen LogP contribution is 2.30. The Kier molecular flexibility index (Phi) is 7.03. The summed E-state index contributed by atoms with van der Waals surface area (Å²) in [5.74, 6) is -0.650. The van der Waals surface area contributed by atoms with Gasteiger partial charge in [0.15, 0.2) is 0 Å². The zero-order valence-electron chi connectivity index (χ0n) is 15.5. The zero-order chi connectivity index (χ0) is 20.7. The standard InChI is InChI=1S/C20H21F3N2O3/c1-3-11-25(13-18(26)24-16-9-4-5-10-17(16)28-2)19(27)14-7-6-8-15(12-14)20(21,22)23/h4-10,12H,3,11,13H2,1-2H3,(H,24,26). The van der Waals surface area contributed by atoms with Crippen molar-refractivity contribution in [1.29, 1.82) is 0 Å². The van der Waals surface area contributed by atoms with Gasteiger partial charge in [-0.3, -0.25) is 9.59 Å². The van der Waals surface area contributed by atoms with Gasteiger partial charge in [0.1, 0.15) is 12.3 Å². The van der Waals surface area contributed by atoms with Gasteiger partial charge in [-0.15, -0.1) is 0 Å². The van der Waals surface area contributed by atoms with Crippen LogP contribution in [0, 0.1) is 0 Å². The van der Waals surface area contributed by atoms with Crippen LogP contribution in [0.15, 0.2) is 48.5 Å². The largest absolute Gasteiger partial charge is 0.495 e. The third-order valence-electron chi connectivity index (χ3n) is 3.93. The molecular weight excluding hydrogens is 373 g/mol. The second kappa shape index (κ2) is 9.25. The molecule has 0 spiro atoms. The normalized spacial score (nSPS) is 11.0. The average Bonchev–Trinajstić information content (AvgIpc) is 2.67. The van der Waals surface area contributed by atoms with Crippen LogP contribution in [0.5, 0.6) is 5.75 Å². The number of alkyl halides is 3. The van der Waals surface area contributed by atoms with Crippen molar-refractivity contribution in [3.8, 4) is 5.75 Å². The van der Waals surface area contributed by atoms with Crippen molar-refractivity contribution in [2.24, 2.45) is 0 Å². The SMILES string of the molecule is CCCN(CC(=O)Nc1ccccc1OC)C(=O)c1cccc(C(F)(F)F)c1. The van der Waals surface area contributed by atoms with Crippen molar-refractivity contribution in [2.75, 3.05) is 25.5 Å². The summed E-state index contributed by atoms with van der Waals surface area (Å²) >= 11 is 0. The maximum atomic E-state index is 12.9. The number of benzene rings is 2. The smallest absolute Gasteiger partial charge is 0.416 e. The first-order valence-electron chi connectivity index (χ1n) is 8.65. The van der Waals surface area contributed by atoms with E-state index in [1.807, 2.05) is 6.92 Å². The predicted octanol–water partition coefficient (Wildman–Crippen LogP) is 4.20. The van der Waals surface area contributed by atoms with Gasteiger partial charge in [0, 0.05) is 12.1 Å². The van der Waals surface area contributed by atoms with Crippen LogP contribution in [0.25, 0.3) is 0 Å². The summed E-state index contributed by atoms with van der Waals surface area (Å²) in [6.07, 6.45) is -4.00. The van der Waals surface area contributed by atoms with Crippen LogP contribution in [0.2, 0.25) is 0 Å². The summed E-state index contributed by atoms with van der Waals surface area (Å²) in [4.78, 5) is 26.3. The van der Waals surface area contributed by atoms with E-state index in [2.05, 4.69) is 5.32 Å². The lowest BCUT2D eigenvalue weighted by atomic mass is 10.1. The van der Waals surface area contributed by atoms with Gasteiger partial charge in [0.25, 0.3) is 5.91 Å². The molecular formula is C20H21F3N2O3. The van der Waals surface area contributed by atoms with Crippen molar-refractivity contribution >= 4 is 17.5 Å². The van der Waals surface area contributed by atoms with Gasteiger partial charge < -0.3 is 15.0 Å². The summed E-state index contributed by atoms with van der Waals surface area (Å²) in [6, 6.07) is 11.0. The van der Waals surface area contributed by atoms with Crippen molar-refractivity contribution in [3.63, 3.8) is 0 Å².